The molecule has 0 amide bonds. The molecule has 0 aliphatic rings. The van der Waals surface area contributed by atoms with E-state index < -0.39 is 0 Å². The van der Waals surface area contributed by atoms with E-state index in [-0.39, 0.29) is 0 Å². The third kappa shape index (κ3) is 2.65. The van der Waals surface area contributed by atoms with E-state index in [4.69, 9.17) is 12.2 Å². The van der Waals surface area contributed by atoms with E-state index in [1.165, 1.54) is 12.8 Å². The van der Waals surface area contributed by atoms with Gasteiger partial charge in [0.15, 0.2) is 0 Å². The van der Waals surface area contributed by atoms with Crippen LogP contribution in [-0.4, -0.2) is 23.0 Å². The summed E-state index contributed by atoms with van der Waals surface area (Å²) in [4.78, 5) is 2.22. The molecule has 0 heterocycles. The van der Waals surface area contributed by atoms with Crippen LogP contribution in [0.4, 0.5) is 0 Å². The number of nitrogens with zero attached hydrogens (tertiary/aromatic N) is 1. The van der Waals surface area contributed by atoms with Crippen molar-refractivity contribution in [3.05, 3.63) is 0 Å². The Morgan fingerprint density at radius 1 is 1.30 bits per heavy atom. The fourth-order valence-corrected chi connectivity index (χ4v) is 1.50. The average molecular weight is 159 g/mol. The normalized spacial score (nSPS) is 10.0. The second-order valence-corrected chi connectivity index (χ2v) is 2.62. The van der Waals surface area contributed by atoms with Crippen molar-refractivity contribution in [1.82, 2.24) is 4.90 Å². The van der Waals surface area contributed by atoms with E-state index in [1.807, 2.05) is 0 Å². The van der Waals surface area contributed by atoms with Gasteiger partial charge in [0.1, 0.15) is 0 Å². The summed E-state index contributed by atoms with van der Waals surface area (Å²) in [6.45, 7) is 7.59. The summed E-state index contributed by atoms with van der Waals surface area (Å²) in [5, 5.41) is 0. The topological polar surface area (TPSA) is 3.24 Å². The van der Waals surface area contributed by atoms with Gasteiger partial charge in [-0.2, -0.15) is 0 Å². The molecular weight excluding hydrogens is 142 g/mol. The van der Waals surface area contributed by atoms with Crippen LogP contribution in [0.5, 0.6) is 0 Å². The smallest absolute Gasteiger partial charge is 0.0643 e. The molecule has 0 aromatic rings. The highest BCUT2D eigenvalue weighted by molar-refractivity contribution is 7.78. The summed E-state index contributed by atoms with van der Waals surface area (Å²) >= 11 is 4.88. The summed E-state index contributed by atoms with van der Waals surface area (Å²) in [5.74, 6) is 0. The number of hydrogen-bond acceptors (Lipinski definition) is 1. The molecule has 0 spiro atoms. The predicted molar refractivity (Wildman–Crippen MR) is 50.4 cm³/mol. The van der Waals surface area contributed by atoms with Gasteiger partial charge in [-0.1, -0.05) is 26.1 Å². The van der Waals surface area contributed by atoms with E-state index in [1.54, 1.807) is 5.49 Å². The van der Waals surface area contributed by atoms with Crippen molar-refractivity contribution >= 4 is 17.7 Å². The lowest BCUT2D eigenvalue weighted by Gasteiger charge is -2.26. The second-order valence-electron chi connectivity index (χ2n) is 2.41. The Labute approximate surface area is 69.4 Å². The molecule has 0 rings (SSSR count). The van der Waals surface area contributed by atoms with Crippen LogP contribution < -0.4 is 0 Å². The van der Waals surface area contributed by atoms with Crippen molar-refractivity contribution in [2.24, 2.45) is 0 Å². The molecule has 0 aliphatic carbocycles. The summed E-state index contributed by atoms with van der Waals surface area (Å²) < 4.78 is 0. The molecule has 2 heteroatoms. The summed E-state index contributed by atoms with van der Waals surface area (Å²) in [5.41, 5.74) is 1.78. The first-order chi connectivity index (χ1) is 4.79. The Morgan fingerprint density at radius 3 is 1.90 bits per heavy atom. The van der Waals surface area contributed by atoms with E-state index in [0.29, 0.717) is 6.04 Å². The molecule has 0 radical (unpaired) electrons. The third-order valence-electron chi connectivity index (χ3n) is 1.91. The highest BCUT2D eigenvalue weighted by Crippen LogP contribution is 2.05. The molecule has 0 aromatic heterocycles. The van der Waals surface area contributed by atoms with Gasteiger partial charge in [0.05, 0.1) is 5.49 Å². The van der Waals surface area contributed by atoms with Crippen LogP contribution in [0, 0.1) is 0 Å². The van der Waals surface area contributed by atoms with Gasteiger partial charge in [-0.3, -0.25) is 0 Å². The third-order valence-corrected chi connectivity index (χ3v) is 2.18. The van der Waals surface area contributed by atoms with Crippen molar-refractivity contribution in [3.63, 3.8) is 0 Å². The minimum Gasteiger partial charge on any atom is -0.366 e. The second kappa shape index (κ2) is 5.66. The minimum atomic E-state index is 0.655. The SMILES string of the molecule is CCC(CC)N(C=S)CC. The van der Waals surface area contributed by atoms with Gasteiger partial charge in [-0.05, 0) is 19.8 Å². The molecule has 1 nitrogen and oxygen atoms in total. The molecule has 0 N–H and O–H groups in total. The fourth-order valence-electron chi connectivity index (χ4n) is 1.18. The van der Waals surface area contributed by atoms with Gasteiger partial charge in [0.2, 0.25) is 0 Å². The van der Waals surface area contributed by atoms with Gasteiger partial charge < -0.3 is 4.90 Å². The molecule has 0 aromatic carbocycles. The molecule has 0 fully saturated rings. The number of thiocarbonyl (C=S) groups is 1. The van der Waals surface area contributed by atoms with Gasteiger partial charge in [-0.15, -0.1) is 0 Å². The molecule has 0 bridgehead atoms. The van der Waals surface area contributed by atoms with Crippen LogP contribution in [0.1, 0.15) is 33.6 Å². The van der Waals surface area contributed by atoms with Crippen LogP contribution in [0.2, 0.25) is 0 Å². The van der Waals surface area contributed by atoms with Crippen LogP contribution in [0.3, 0.4) is 0 Å². The maximum absolute atomic E-state index is 4.88. The zero-order chi connectivity index (χ0) is 7.98. The van der Waals surface area contributed by atoms with Crippen molar-refractivity contribution in [1.29, 1.82) is 0 Å². The maximum Gasteiger partial charge on any atom is 0.0643 e. The Balaban J connectivity index is 3.81. The molecular formula is C8H17NS. The highest BCUT2D eigenvalue weighted by Gasteiger charge is 2.07. The minimum absolute atomic E-state index is 0.655. The highest BCUT2D eigenvalue weighted by atomic mass is 32.1. The van der Waals surface area contributed by atoms with Crippen LogP contribution in [0.15, 0.2) is 0 Å². The van der Waals surface area contributed by atoms with E-state index in [0.717, 1.165) is 6.54 Å². The molecule has 0 saturated heterocycles. The van der Waals surface area contributed by atoms with Gasteiger partial charge >= 0.3 is 0 Å². The molecule has 10 heavy (non-hydrogen) atoms. The largest absolute Gasteiger partial charge is 0.366 e. The standard InChI is InChI=1S/C8H17NS/c1-4-8(5-2)9(6-3)7-10/h7-8H,4-6H2,1-3H3. The van der Waals surface area contributed by atoms with E-state index >= 15 is 0 Å². The predicted octanol–water partition coefficient (Wildman–Crippen LogP) is 2.45. The first-order valence-electron chi connectivity index (χ1n) is 4.01. The van der Waals surface area contributed by atoms with Gasteiger partial charge in [0.25, 0.3) is 0 Å². The summed E-state index contributed by atoms with van der Waals surface area (Å²) in [6.07, 6.45) is 2.38. The molecule has 0 saturated carbocycles. The maximum atomic E-state index is 4.88. The number of rotatable bonds is 5. The first-order valence-corrected chi connectivity index (χ1v) is 4.48. The first kappa shape index (κ1) is 9.89. The van der Waals surface area contributed by atoms with Crippen molar-refractivity contribution < 1.29 is 0 Å². The summed E-state index contributed by atoms with van der Waals surface area (Å²) in [6, 6.07) is 0.655. The van der Waals surface area contributed by atoms with Crippen LogP contribution >= 0.6 is 12.2 Å². The molecule has 0 unspecified atom stereocenters. The van der Waals surface area contributed by atoms with Crippen LogP contribution in [-0.2, 0) is 0 Å². The van der Waals surface area contributed by atoms with Crippen molar-refractivity contribution in [2.75, 3.05) is 6.54 Å². The van der Waals surface area contributed by atoms with Gasteiger partial charge in [-0.25, -0.2) is 0 Å². The lowest BCUT2D eigenvalue weighted by atomic mass is 10.1. The molecule has 60 valence electrons. The van der Waals surface area contributed by atoms with Crippen molar-refractivity contribution in [2.45, 2.75) is 39.7 Å². The van der Waals surface area contributed by atoms with Gasteiger partial charge in [0, 0.05) is 12.6 Å². The lowest BCUT2D eigenvalue weighted by Crippen LogP contribution is -2.32. The zero-order valence-electron chi connectivity index (χ0n) is 7.13. The van der Waals surface area contributed by atoms with Crippen molar-refractivity contribution in [3.8, 4) is 0 Å². The quantitative estimate of drug-likeness (QED) is 0.567. The Morgan fingerprint density at radius 2 is 1.80 bits per heavy atom. The van der Waals surface area contributed by atoms with Crippen LogP contribution in [0.25, 0.3) is 0 Å². The lowest BCUT2D eigenvalue weighted by molar-refractivity contribution is 0.320. The fraction of sp³-hybridized carbons (Fsp3) is 0.875. The zero-order valence-corrected chi connectivity index (χ0v) is 7.95. The van der Waals surface area contributed by atoms with E-state index in [2.05, 4.69) is 25.7 Å². The Kier molecular flexibility index (Phi) is 5.60. The molecule has 0 aliphatic heterocycles. The Hall–Kier alpha value is -0.110. The monoisotopic (exact) mass is 159 g/mol. The Bertz CT molecular complexity index is 89.3. The summed E-state index contributed by atoms with van der Waals surface area (Å²) in [7, 11) is 0. The molecule has 0 atom stereocenters. The average Bonchev–Trinajstić information content (AvgIpc) is 2.00. The van der Waals surface area contributed by atoms with E-state index in [9.17, 15) is 0 Å². The number of hydrogen-bond donors (Lipinski definition) is 0.